The highest BCUT2D eigenvalue weighted by molar-refractivity contribution is 7.90. The number of hydrogen-bond acceptors (Lipinski definition) is 3. The molecular formula is C20H14Cl4N2O3S. The van der Waals surface area contributed by atoms with Crippen molar-refractivity contribution >= 4 is 68.0 Å². The number of phenolic OH excluding ortho intramolecular Hbond substituents is 1. The van der Waals surface area contributed by atoms with Gasteiger partial charge in [-0.3, -0.25) is 0 Å². The average molecular weight is 504 g/mol. The molecule has 0 bridgehead atoms. The Morgan fingerprint density at radius 2 is 1.40 bits per heavy atom. The van der Waals surface area contributed by atoms with E-state index in [2.05, 4.69) is 9.71 Å². The molecule has 10 heteroatoms. The van der Waals surface area contributed by atoms with E-state index in [1.165, 1.54) is 12.1 Å². The van der Waals surface area contributed by atoms with Crippen molar-refractivity contribution < 1.29 is 13.5 Å². The van der Waals surface area contributed by atoms with E-state index in [4.69, 9.17) is 46.4 Å². The number of halogens is 4. The Morgan fingerprint density at radius 1 is 0.867 bits per heavy atom. The van der Waals surface area contributed by atoms with Gasteiger partial charge in [-0.2, -0.15) is 8.42 Å². The Hall–Kier alpha value is -1.96. The van der Waals surface area contributed by atoms with E-state index in [1.807, 2.05) is 6.92 Å². The first-order valence-electron chi connectivity index (χ1n) is 8.41. The molecule has 0 aliphatic rings. The summed E-state index contributed by atoms with van der Waals surface area (Å²) in [5, 5.41) is 12.0. The van der Waals surface area contributed by atoms with Gasteiger partial charge in [0.15, 0.2) is 11.6 Å². The summed E-state index contributed by atoms with van der Waals surface area (Å²) in [6, 6.07) is 14.8. The van der Waals surface area contributed by atoms with Crippen LogP contribution in [-0.4, -0.2) is 19.4 Å². The maximum absolute atomic E-state index is 12.9. The van der Waals surface area contributed by atoms with Crippen LogP contribution in [0, 0.1) is 6.92 Å². The molecule has 156 valence electrons. The zero-order chi connectivity index (χ0) is 22.1. The van der Waals surface area contributed by atoms with E-state index in [0.29, 0.717) is 5.56 Å². The van der Waals surface area contributed by atoms with Crippen molar-refractivity contribution in [1.29, 1.82) is 0 Å². The molecule has 0 saturated heterocycles. The van der Waals surface area contributed by atoms with Gasteiger partial charge >= 0.3 is 0 Å². The number of hydrogen-bond donors (Lipinski definition) is 2. The highest BCUT2D eigenvalue weighted by atomic mass is 35.5. The van der Waals surface area contributed by atoms with Crippen molar-refractivity contribution in [2.75, 3.05) is 5.32 Å². The first-order valence-corrected chi connectivity index (χ1v) is 11.4. The standard InChI is InChI=1S/C20H14Cl4N2O3S/c1-11-7-9-13(10-8-11)30(28,29)26-20(12-5-3-2-4-6-12)25-18-14(21)16(23)19(27)17(24)15(18)22/h2-10,27H,1H3,(H,25,26). The van der Waals surface area contributed by atoms with Crippen LogP contribution < -0.4 is 5.32 Å². The normalized spacial score (nSPS) is 12.1. The molecule has 3 aromatic rings. The summed E-state index contributed by atoms with van der Waals surface area (Å²) in [6.45, 7) is 1.85. The quantitative estimate of drug-likeness (QED) is 0.183. The van der Waals surface area contributed by atoms with Crippen LogP contribution in [0.3, 0.4) is 0 Å². The van der Waals surface area contributed by atoms with Crippen LogP contribution in [0.1, 0.15) is 11.1 Å². The average Bonchev–Trinajstić information content (AvgIpc) is 2.74. The predicted octanol–water partition coefficient (Wildman–Crippen LogP) is 6.56. The Labute approximate surface area is 193 Å². The maximum Gasteiger partial charge on any atom is 0.284 e. The molecule has 0 aliphatic heterocycles. The van der Waals surface area contributed by atoms with Gasteiger partial charge in [0.25, 0.3) is 10.0 Å². The molecule has 2 N–H and O–H groups in total. The monoisotopic (exact) mass is 502 g/mol. The third-order valence-corrected chi connectivity index (χ3v) is 7.04. The van der Waals surface area contributed by atoms with Crippen molar-refractivity contribution in [1.82, 2.24) is 0 Å². The molecule has 0 aliphatic carbocycles. The van der Waals surface area contributed by atoms with Gasteiger partial charge in [0, 0.05) is 5.56 Å². The summed E-state index contributed by atoms with van der Waals surface area (Å²) >= 11 is 24.4. The first-order chi connectivity index (χ1) is 14.1. The highest BCUT2D eigenvalue weighted by Crippen LogP contribution is 2.48. The highest BCUT2D eigenvalue weighted by Gasteiger charge is 2.23. The van der Waals surface area contributed by atoms with E-state index in [9.17, 15) is 13.5 Å². The molecule has 0 atom stereocenters. The number of nitrogens with zero attached hydrogens (tertiary/aromatic N) is 1. The largest absolute Gasteiger partial charge is 0.505 e. The fourth-order valence-electron chi connectivity index (χ4n) is 2.48. The number of anilines is 1. The van der Waals surface area contributed by atoms with Gasteiger partial charge in [0.1, 0.15) is 10.0 Å². The second-order valence-corrected chi connectivity index (χ2v) is 9.31. The molecule has 0 saturated carbocycles. The van der Waals surface area contributed by atoms with Gasteiger partial charge in [0.2, 0.25) is 0 Å². The third kappa shape index (κ3) is 4.68. The molecule has 0 heterocycles. The molecule has 3 rings (SSSR count). The van der Waals surface area contributed by atoms with Gasteiger partial charge in [0.05, 0.1) is 20.6 Å². The topological polar surface area (TPSA) is 78.8 Å². The van der Waals surface area contributed by atoms with Crippen LogP contribution in [0.4, 0.5) is 5.69 Å². The SMILES string of the molecule is Cc1ccc(S(=O)(=O)/N=C(/Nc2c(Cl)c(Cl)c(O)c(Cl)c2Cl)c2ccccc2)cc1. The van der Waals surface area contributed by atoms with E-state index >= 15 is 0 Å². The number of aryl methyl sites for hydroxylation is 1. The lowest BCUT2D eigenvalue weighted by Crippen LogP contribution is -2.17. The number of aromatic hydroxyl groups is 1. The molecule has 0 fully saturated rings. The predicted molar refractivity (Wildman–Crippen MR) is 123 cm³/mol. The summed E-state index contributed by atoms with van der Waals surface area (Å²) in [5.74, 6) is -0.540. The fourth-order valence-corrected chi connectivity index (χ4v) is 4.39. The smallest absolute Gasteiger partial charge is 0.284 e. The van der Waals surface area contributed by atoms with Crippen molar-refractivity contribution in [3.05, 3.63) is 85.8 Å². The molecule has 0 amide bonds. The van der Waals surface area contributed by atoms with Gasteiger partial charge in [-0.15, -0.1) is 4.40 Å². The molecule has 0 unspecified atom stereocenters. The first kappa shape index (κ1) is 22.7. The molecule has 0 aromatic heterocycles. The Bertz CT molecular complexity index is 1200. The van der Waals surface area contributed by atoms with Crippen LogP contribution in [0.15, 0.2) is 63.9 Å². The van der Waals surface area contributed by atoms with E-state index in [1.54, 1.807) is 42.5 Å². The molecule has 0 radical (unpaired) electrons. The Kier molecular flexibility index (Phi) is 6.84. The third-order valence-electron chi connectivity index (χ3n) is 4.06. The zero-order valence-corrected chi connectivity index (χ0v) is 19.2. The zero-order valence-electron chi connectivity index (χ0n) is 15.3. The molecule has 5 nitrogen and oxygen atoms in total. The Balaban J connectivity index is 2.17. The van der Waals surface area contributed by atoms with Crippen LogP contribution in [0.5, 0.6) is 5.75 Å². The minimum Gasteiger partial charge on any atom is -0.505 e. The number of benzene rings is 3. The van der Waals surface area contributed by atoms with Crippen molar-refractivity contribution in [2.45, 2.75) is 11.8 Å². The second-order valence-electron chi connectivity index (χ2n) is 6.20. The van der Waals surface area contributed by atoms with Crippen LogP contribution in [0.25, 0.3) is 0 Å². The summed E-state index contributed by atoms with van der Waals surface area (Å²) in [7, 11) is -4.07. The minimum absolute atomic E-state index is 0.00726. The lowest BCUT2D eigenvalue weighted by molar-refractivity contribution is 0.476. The van der Waals surface area contributed by atoms with Gasteiger partial charge < -0.3 is 10.4 Å². The van der Waals surface area contributed by atoms with Crippen molar-refractivity contribution in [3.63, 3.8) is 0 Å². The lowest BCUT2D eigenvalue weighted by atomic mass is 10.2. The number of nitrogens with one attached hydrogen (secondary N) is 1. The van der Waals surface area contributed by atoms with E-state index in [-0.39, 0.29) is 36.5 Å². The van der Waals surface area contributed by atoms with Gasteiger partial charge in [-0.1, -0.05) is 94.4 Å². The molecule has 30 heavy (non-hydrogen) atoms. The molecular weight excluding hydrogens is 490 g/mol. The van der Waals surface area contributed by atoms with E-state index in [0.717, 1.165) is 5.56 Å². The number of sulfonamides is 1. The Morgan fingerprint density at radius 3 is 1.93 bits per heavy atom. The van der Waals surface area contributed by atoms with E-state index < -0.39 is 15.8 Å². The number of amidine groups is 1. The minimum atomic E-state index is -4.07. The maximum atomic E-state index is 12.9. The summed E-state index contributed by atoms with van der Waals surface area (Å²) in [5.41, 5.74) is 1.36. The summed E-state index contributed by atoms with van der Waals surface area (Å²) in [4.78, 5) is 0.0160. The number of rotatable bonds is 4. The molecule has 0 spiro atoms. The van der Waals surface area contributed by atoms with Gasteiger partial charge in [-0.05, 0) is 19.1 Å². The van der Waals surface area contributed by atoms with Gasteiger partial charge in [-0.25, -0.2) is 0 Å². The fraction of sp³-hybridized carbons (Fsp3) is 0.0500. The molecule has 3 aromatic carbocycles. The summed E-state index contributed by atoms with van der Waals surface area (Å²) in [6.07, 6.45) is 0. The number of phenols is 1. The van der Waals surface area contributed by atoms with Crippen LogP contribution in [-0.2, 0) is 10.0 Å². The van der Waals surface area contributed by atoms with Crippen LogP contribution in [0.2, 0.25) is 20.1 Å². The lowest BCUT2D eigenvalue weighted by Gasteiger charge is -2.16. The summed E-state index contributed by atoms with van der Waals surface area (Å²) < 4.78 is 29.7. The van der Waals surface area contributed by atoms with Crippen LogP contribution >= 0.6 is 46.4 Å². The van der Waals surface area contributed by atoms with Crippen molar-refractivity contribution in [2.24, 2.45) is 4.40 Å². The second kappa shape index (κ2) is 9.04. The van der Waals surface area contributed by atoms with Crippen molar-refractivity contribution in [3.8, 4) is 5.75 Å².